The van der Waals surface area contributed by atoms with E-state index in [0.29, 0.717) is 36.1 Å². The highest BCUT2D eigenvalue weighted by atomic mass is 35.5. The quantitative estimate of drug-likeness (QED) is 0.672. The maximum absolute atomic E-state index is 12.7. The van der Waals surface area contributed by atoms with E-state index >= 15 is 0 Å². The summed E-state index contributed by atoms with van der Waals surface area (Å²) in [4.78, 5) is 17.2. The van der Waals surface area contributed by atoms with Crippen molar-refractivity contribution < 1.29 is 13.2 Å². The molecule has 0 unspecified atom stereocenters. The molecule has 2 heterocycles. The number of nitrogens with one attached hydrogen (secondary N) is 1. The van der Waals surface area contributed by atoms with Crippen molar-refractivity contribution >= 4 is 54.2 Å². The second-order valence-corrected chi connectivity index (χ2v) is 10.0. The Morgan fingerprint density at radius 3 is 2.46 bits per heavy atom. The minimum absolute atomic E-state index is 0.109. The maximum atomic E-state index is 12.7. The van der Waals surface area contributed by atoms with Crippen molar-refractivity contribution in [2.24, 2.45) is 5.92 Å². The largest absolute Gasteiger partial charge is 0.302 e. The summed E-state index contributed by atoms with van der Waals surface area (Å²) in [7, 11) is -3.57. The zero-order valence-corrected chi connectivity index (χ0v) is 17.2. The van der Waals surface area contributed by atoms with Crippen LogP contribution in [0.15, 0.2) is 53.4 Å². The van der Waals surface area contributed by atoms with Gasteiger partial charge in [0.1, 0.15) is 0 Å². The van der Waals surface area contributed by atoms with Crippen LogP contribution in [0.3, 0.4) is 0 Å². The molecule has 0 aliphatic carbocycles. The van der Waals surface area contributed by atoms with Crippen LogP contribution in [0.4, 0.5) is 5.13 Å². The van der Waals surface area contributed by atoms with Gasteiger partial charge in [-0.15, -0.1) is 0 Å². The Kier molecular flexibility index (Phi) is 5.37. The number of thiazole rings is 1. The first kappa shape index (κ1) is 19.3. The highest BCUT2D eigenvalue weighted by Gasteiger charge is 2.32. The van der Waals surface area contributed by atoms with E-state index in [4.69, 9.17) is 11.6 Å². The number of rotatable bonds is 4. The van der Waals surface area contributed by atoms with Gasteiger partial charge < -0.3 is 5.32 Å². The molecule has 1 aliphatic heterocycles. The molecule has 1 amide bonds. The van der Waals surface area contributed by atoms with Crippen LogP contribution < -0.4 is 5.32 Å². The first-order chi connectivity index (χ1) is 13.4. The van der Waals surface area contributed by atoms with Crippen molar-refractivity contribution in [2.75, 3.05) is 18.4 Å². The molecular formula is C19H18ClN3O3S2. The number of hydrogen-bond donors (Lipinski definition) is 1. The Morgan fingerprint density at radius 1 is 1.11 bits per heavy atom. The molecule has 1 aliphatic rings. The lowest BCUT2D eigenvalue weighted by molar-refractivity contribution is -0.120. The summed E-state index contributed by atoms with van der Waals surface area (Å²) in [5, 5.41) is 3.94. The van der Waals surface area contributed by atoms with Gasteiger partial charge in [-0.05, 0) is 49.2 Å². The first-order valence-electron chi connectivity index (χ1n) is 8.85. The fourth-order valence-corrected chi connectivity index (χ4v) is 5.71. The number of sulfonamides is 1. The van der Waals surface area contributed by atoms with E-state index in [0.717, 1.165) is 10.2 Å². The Hall–Kier alpha value is -2.00. The van der Waals surface area contributed by atoms with Crippen molar-refractivity contribution in [1.82, 2.24) is 9.29 Å². The highest BCUT2D eigenvalue weighted by Crippen LogP contribution is 2.28. The summed E-state index contributed by atoms with van der Waals surface area (Å²) < 4.78 is 27.9. The molecule has 0 spiro atoms. The number of carbonyl (C=O) groups is 1. The molecule has 1 aromatic heterocycles. The van der Waals surface area contributed by atoms with Crippen LogP contribution >= 0.6 is 22.9 Å². The molecule has 1 saturated heterocycles. The summed E-state index contributed by atoms with van der Waals surface area (Å²) in [5.41, 5.74) is 0.853. The summed E-state index contributed by atoms with van der Waals surface area (Å²) in [5.74, 6) is -0.341. The lowest BCUT2D eigenvalue weighted by Gasteiger charge is -2.30. The highest BCUT2D eigenvalue weighted by molar-refractivity contribution is 7.89. The monoisotopic (exact) mass is 435 g/mol. The number of hydrogen-bond acceptors (Lipinski definition) is 5. The predicted molar refractivity (Wildman–Crippen MR) is 111 cm³/mol. The van der Waals surface area contributed by atoms with Gasteiger partial charge in [-0.2, -0.15) is 4.31 Å². The van der Waals surface area contributed by atoms with E-state index in [1.165, 1.54) is 27.8 Å². The number of aromatic nitrogens is 1. The number of anilines is 1. The van der Waals surface area contributed by atoms with Crippen molar-refractivity contribution in [3.05, 3.63) is 53.6 Å². The fraction of sp³-hybridized carbons (Fsp3) is 0.263. The standard InChI is InChI=1S/C19H18ClN3O3S2/c20-14-5-7-15(8-6-14)28(25,26)23-11-9-13(10-12-23)18(24)22-19-21-16-3-1-2-4-17(16)27-19/h1-8,13H,9-12H2,(H,21,22,24). The van der Waals surface area contributed by atoms with Crippen LogP contribution in [0.1, 0.15) is 12.8 Å². The number of amides is 1. The molecule has 0 bridgehead atoms. The second kappa shape index (κ2) is 7.79. The van der Waals surface area contributed by atoms with Gasteiger partial charge in [-0.1, -0.05) is 35.1 Å². The van der Waals surface area contributed by atoms with Gasteiger partial charge >= 0.3 is 0 Å². The van der Waals surface area contributed by atoms with Gasteiger partial charge in [-0.3, -0.25) is 4.79 Å². The average Bonchev–Trinajstić information content (AvgIpc) is 3.10. The van der Waals surface area contributed by atoms with Gasteiger partial charge in [-0.25, -0.2) is 13.4 Å². The Labute approximate surface area is 172 Å². The molecule has 146 valence electrons. The van der Waals surface area contributed by atoms with Gasteiger partial charge in [0.2, 0.25) is 15.9 Å². The fourth-order valence-electron chi connectivity index (χ4n) is 3.25. The molecule has 6 nitrogen and oxygen atoms in total. The van der Waals surface area contributed by atoms with Gasteiger partial charge in [0.25, 0.3) is 0 Å². The molecule has 9 heteroatoms. The van der Waals surface area contributed by atoms with E-state index in [1.54, 1.807) is 12.1 Å². The molecule has 1 fully saturated rings. The van der Waals surface area contributed by atoms with Crippen LogP contribution in [0.5, 0.6) is 0 Å². The van der Waals surface area contributed by atoms with Crippen LogP contribution in [-0.2, 0) is 14.8 Å². The van der Waals surface area contributed by atoms with E-state index in [1.807, 2.05) is 24.3 Å². The molecule has 4 rings (SSSR count). The number of piperidine rings is 1. The minimum Gasteiger partial charge on any atom is -0.302 e. The van der Waals surface area contributed by atoms with Crippen LogP contribution in [0.25, 0.3) is 10.2 Å². The van der Waals surface area contributed by atoms with E-state index in [9.17, 15) is 13.2 Å². The van der Waals surface area contributed by atoms with E-state index in [2.05, 4.69) is 10.3 Å². The zero-order chi connectivity index (χ0) is 19.7. The minimum atomic E-state index is -3.57. The summed E-state index contributed by atoms with van der Waals surface area (Å²) in [6, 6.07) is 13.8. The topological polar surface area (TPSA) is 79.4 Å². The summed E-state index contributed by atoms with van der Waals surface area (Å²) in [6.07, 6.45) is 0.951. The van der Waals surface area contributed by atoms with E-state index < -0.39 is 10.0 Å². The molecule has 3 aromatic rings. The van der Waals surface area contributed by atoms with Crippen molar-refractivity contribution in [2.45, 2.75) is 17.7 Å². The number of halogens is 1. The lowest BCUT2D eigenvalue weighted by atomic mass is 9.97. The normalized spacial score (nSPS) is 16.3. The SMILES string of the molecule is O=C(Nc1nc2ccccc2s1)C1CCN(S(=O)(=O)c2ccc(Cl)cc2)CC1. The molecule has 28 heavy (non-hydrogen) atoms. The van der Waals surface area contributed by atoms with Crippen molar-refractivity contribution in [3.8, 4) is 0 Å². The Balaban J connectivity index is 1.39. The van der Waals surface area contributed by atoms with Crippen LogP contribution in [-0.4, -0.2) is 36.7 Å². The van der Waals surface area contributed by atoms with Crippen LogP contribution in [0, 0.1) is 5.92 Å². The predicted octanol–water partition coefficient (Wildman–Crippen LogP) is 3.99. The van der Waals surface area contributed by atoms with Crippen molar-refractivity contribution in [1.29, 1.82) is 0 Å². The third-order valence-corrected chi connectivity index (χ3v) is 7.92. The van der Waals surface area contributed by atoms with E-state index in [-0.39, 0.29) is 16.7 Å². The number of carbonyl (C=O) groups excluding carboxylic acids is 1. The molecule has 0 radical (unpaired) electrons. The smallest absolute Gasteiger partial charge is 0.243 e. The van der Waals surface area contributed by atoms with Crippen molar-refractivity contribution in [3.63, 3.8) is 0 Å². The first-order valence-corrected chi connectivity index (χ1v) is 11.5. The lowest BCUT2D eigenvalue weighted by Crippen LogP contribution is -2.41. The molecule has 2 aromatic carbocycles. The number of fused-ring (bicyclic) bond motifs is 1. The third-order valence-electron chi connectivity index (χ3n) is 4.80. The van der Waals surface area contributed by atoms with Gasteiger partial charge in [0.15, 0.2) is 5.13 Å². The zero-order valence-electron chi connectivity index (χ0n) is 14.8. The summed E-state index contributed by atoms with van der Waals surface area (Å²) in [6.45, 7) is 0.617. The summed E-state index contributed by atoms with van der Waals surface area (Å²) >= 11 is 7.27. The van der Waals surface area contributed by atoms with Gasteiger partial charge in [0.05, 0.1) is 15.1 Å². The number of benzene rings is 2. The second-order valence-electron chi connectivity index (χ2n) is 6.61. The molecule has 0 atom stereocenters. The van der Waals surface area contributed by atoms with Gasteiger partial charge in [0, 0.05) is 24.0 Å². The molecule has 0 saturated carbocycles. The Bertz CT molecular complexity index is 1070. The maximum Gasteiger partial charge on any atom is 0.243 e. The third kappa shape index (κ3) is 3.91. The number of nitrogens with zero attached hydrogens (tertiary/aromatic N) is 2. The molecular weight excluding hydrogens is 418 g/mol. The number of para-hydroxylation sites is 1. The average molecular weight is 436 g/mol. The molecule has 1 N–H and O–H groups in total. The Morgan fingerprint density at radius 2 is 1.79 bits per heavy atom. The van der Waals surface area contributed by atoms with Crippen LogP contribution in [0.2, 0.25) is 5.02 Å².